The summed E-state index contributed by atoms with van der Waals surface area (Å²) in [6.07, 6.45) is 1.26. The van der Waals surface area contributed by atoms with Gasteiger partial charge in [-0.3, -0.25) is 14.3 Å². The Morgan fingerprint density at radius 1 is 1.42 bits per heavy atom. The van der Waals surface area contributed by atoms with E-state index in [0.29, 0.717) is 13.0 Å². The van der Waals surface area contributed by atoms with Crippen molar-refractivity contribution < 1.29 is 5.11 Å². The van der Waals surface area contributed by atoms with Gasteiger partial charge in [0.2, 0.25) is 0 Å². The molecular formula is C12H22N4O3. The van der Waals surface area contributed by atoms with E-state index in [1.54, 1.807) is 6.92 Å². The van der Waals surface area contributed by atoms with Crippen LogP contribution in [-0.4, -0.2) is 26.8 Å². The van der Waals surface area contributed by atoms with Gasteiger partial charge in [-0.05, 0) is 19.8 Å². The minimum atomic E-state index is -0.940. The fraction of sp³-hybridized carbons (Fsp3) is 0.667. The summed E-state index contributed by atoms with van der Waals surface area (Å²) < 4.78 is 1.31. The molecule has 108 valence electrons. The lowest BCUT2D eigenvalue weighted by atomic mass is 10.0. The van der Waals surface area contributed by atoms with E-state index < -0.39 is 16.9 Å². The Balaban J connectivity index is 3.11. The third kappa shape index (κ3) is 3.60. The monoisotopic (exact) mass is 270 g/mol. The molecular weight excluding hydrogens is 248 g/mol. The van der Waals surface area contributed by atoms with Crippen LogP contribution in [0.1, 0.15) is 33.6 Å². The lowest BCUT2D eigenvalue weighted by Gasteiger charge is -2.22. The maximum absolute atomic E-state index is 11.7. The normalized spacial score (nSPS) is 14.1. The molecule has 7 heteroatoms. The van der Waals surface area contributed by atoms with Gasteiger partial charge in [-0.1, -0.05) is 13.8 Å². The zero-order chi connectivity index (χ0) is 14.6. The minimum Gasteiger partial charge on any atom is -0.388 e. The molecule has 1 unspecified atom stereocenters. The summed E-state index contributed by atoms with van der Waals surface area (Å²) in [5.74, 6) is 0.0995. The molecule has 0 spiro atoms. The highest BCUT2D eigenvalue weighted by Crippen LogP contribution is 2.14. The van der Waals surface area contributed by atoms with Crippen molar-refractivity contribution in [3.05, 3.63) is 20.8 Å². The Morgan fingerprint density at radius 3 is 2.58 bits per heavy atom. The van der Waals surface area contributed by atoms with Crippen molar-refractivity contribution in [2.45, 2.75) is 45.8 Å². The van der Waals surface area contributed by atoms with Gasteiger partial charge in [0, 0.05) is 13.1 Å². The number of aromatic amines is 1. The Hall–Kier alpha value is -1.76. The second kappa shape index (κ2) is 5.92. The maximum Gasteiger partial charge on any atom is 0.330 e. The second-order valence-corrected chi connectivity index (χ2v) is 4.88. The van der Waals surface area contributed by atoms with Gasteiger partial charge in [0.05, 0.1) is 5.60 Å². The molecule has 0 saturated carbocycles. The van der Waals surface area contributed by atoms with E-state index in [1.807, 2.05) is 13.8 Å². The fourth-order valence-corrected chi connectivity index (χ4v) is 1.61. The first-order chi connectivity index (χ1) is 8.82. The van der Waals surface area contributed by atoms with Crippen LogP contribution in [0.2, 0.25) is 0 Å². The summed E-state index contributed by atoms with van der Waals surface area (Å²) in [5, 5.41) is 12.7. The maximum atomic E-state index is 11.7. The van der Waals surface area contributed by atoms with E-state index >= 15 is 0 Å². The third-order valence-corrected chi connectivity index (χ3v) is 3.09. The number of nitrogens with zero attached hydrogens (tertiary/aromatic N) is 1. The van der Waals surface area contributed by atoms with E-state index in [2.05, 4.69) is 10.3 Å². The molecule has 19 heavy (non-hydrogen) atoms. The van der Waals surface area contributed by atoms with Crippen LogP contribution in [0.5, 0.6) is 0 Å². The molecule has 0 aliphatic heterocycles. The van der Waals surface area contributed by atoms with Crippen molar-refractivity contribution in [2.24, 2.45) is 0 Å². The first-order valence-electron chi connectivity index (χ1n) is 6.41. The number of aromatic nitrogens is 2. The Morgan fingerprint density at radius 2 is 2.05 bits per heavy atom. The number of aliphatic hydroxyl groups is 1. The number of nitrogens with two attached hydrogens (primary N) is 1. The van der Waals surface area contributed by atoms with Crippen LogP contribution in [-0.2, 0) is 6.54 Å². The second-order valence-electron chi connectivity index (χ2n) is 4.88. The number of nitrogen functional groups attached to an aromatic ring is 1. The van der Waals surface area contributed by atoms with E-state index in [4.69, 9.17) is 5.73 Å². The number of hydrogen-bond donors (Lipinski definition) is 4. The first kappa shape index (κ1) is 15.3. The summed E-state index contributed by atoms with van der Waals surface area (Å²) in [6, 6.07) is 0. The smallest absolute Gasteiger partial charge is 0.330 e. The van der Waals surface area contributed by atoms with Crippen molar-refractivity contribution in [1.29, 1.82) is 0 Å². The highest BCUT2D eigenvalue weighted by Gasteiger charge is 2.19. The van der Waals surface area contributed by atoms with Gasteiger partial charge in [0.15, 0.2) is 0 Å². The molecule has 1 heterocycles. The van der Waals surface area contributed by atoms with Gasteiger partial charge in [0.25, 0.3) is 5.56 Å². The van der Waals surface area contributed by atoms with E-state index in [9.17, 15) is 14.7 Å². The third-order valence-electron chi connectivity index (χ3n) is 3.09. The van der Waals surface area contributed by atoms with Crippen molar-refractivity contribution in [2.75, 3.05) is 17.6 Å². The molecule has 0 aromatic carbocycles. The van der Waals surface area contributed by atoms with Crippen LogP contribution < -0.4 is 22.3 Å². The molecule has 5 N–H and O–H groups in total. The lowest BCUT2D eigenvalue weighted by Crippen LogP contribution is -2.38. The van der Waals surface area contributed by atoms with Gasteiger partial charge < -0.3 is 16.2 Å². The molecule has 1 aromatic rings. The summed E-state index contributed by atoms with van der Waals surface area (Å²) >= 11 is 0. The zero-order valence-corrected chi connectivity index (χ0v) is 11.6. The van der Waals surface area contributed by atoms with Gasteiger partial charge >= 0.3 is 5.69 Å². The molecule has 0 radical (unpaired) electrons. The lowest BCUT2D eigenvalue weighted by molar-refractivity contribution is 0.0697. The van der Waals surface area contributed by atoms with E-state index in [-0.39, 0.29) is 18.1 Å². The molecule has 1 aromatic heterocycles. The number of rotatable bonds is 6. The van der Waals surface area contributed by atoms with Crippen molar-refractivity contribution in [3.63, 3.8) is 0 Å². The van der Waals surface area contributed by atoms with Crippen LogP contribution in [0.4, 0.5) is 11.5 Å². The van der Waals surface area contributed by atoms with Crippen LogP contribution in [0.25, 0.3) is 0 Å². The van der Waals surface area contributed by atoms with Crippen LogP contribution in [0.15, 0.2) is 9.59 Å². The Kier molecular flexibility index (Phi) is 4.77. The quantitative estimate of drug-likeness (QED) is 0.585. The molecule has 0 fully saturated rings. The van der Waals surface area contributed by atoms with E-state index in [1.165, 1.54) is 4.57 Å². The first-order valence-corrected chi connectivity index (χ1v) is 6.41. The molecule has 1 rings (SSSR count). The molecule has 0 amide bonds. The average Bonchev–Trinajstić information content (AvgIpc) is 2.34. The summed E-state index contributed by atoms with van der Waals surface area (Å²) in [5.41, 5.74) is 3.94. The summed E-state index contributed by atoms with van der Waals surface area (Å²) in [4.78, 5) is 25.6. The average molecular weight is 270 g/mol. The molecule has 0 aliphatic rings. The number of H-pyrrole nitrogens is 1. The molecule has 0 aliphatic carbocycles. The zero-order valence-electron chi connectivity index (χ0n) is 11.6. The fourth-order valence-electron chi connectivity index (χ4n) is 1.61. The van der Waals surface area contributed by atoms with Crippen LogP contribution in [0, 0.1) is 0 Å². The number of anilines is 2. The van der Waals surface area contributed by atoms with Crippen LogP contribution in [0.3, 0.4) is 0 Å². The van der Waals surface area contributed by atoms with Gasteiger partial charge in [-0.15, -0.1) is 0 Å². The van der Waals surface area contributed by atoms with Gasteiger partial charge in [0.1, 0.15) is 11.5 Å². The molecule has 1 atom stereocenters. The predicted molar refractivity (Wildman–Crippen MR) is 75.4 cm³/mol. The van der Waals surface area contributed by atoms with Crippen molar-refractivity contribution >= 4 is 11.5 Å². The number of nitrogens with one attached hydrogen (secondary N) is 2. The Bertz CT molecular complexity index is 545. The largest absolute Gasteiger partial charge is 0.388 e. The highest BCUT2D eigenvalue weighted by molar-refractivity contribution is 5.60. The minimum absolute atomic E-state index is 0.0995. The summed E-state index contributed by atoms with van der Waals surface area (Å²) in [6.45, 7) is 6.02. The SMILES string of the molecule is CCCn1c(N)c(NCC(C)(O)CC)c(=O)[nH]c1=O. The van der Waals surface area contributed by atoms with Gasteiger partial charge in [-0.2, -0.15) is 0 Å². The Labute approximate surface area is 111 Å². The molecule has 7 nitrogen and oxygen atoms in total. The number of hydrogen-bond acceptors (Lipinski definition) is 5. The molecule has 0 saturated heterocycles. The summed E-state index contributed by atoms with van der Waals surface area (Å²) in [7, 11) is 0. The topological polar surface area (TPSA) is 113 Å². The van der Waals surface area contributed by atoms with Crippen LogP contribution >= 0.6 is 0 Å². The predicted octanol–water partition coefficient (Wildman–Crippen LogP) is 0.102. The van der Waals surface area contributed by atoms with Crippen molar-refractivity contribution in [1.82, 2.24) is 9.55 Å². The highest BCUT2D eigenvalue weighted by atomic mass is 16.3. The standard InChI is InChI=1S/C12H22N4O3/c1-4-6-16-9(13)8(10(17)15-11(16)18)14-7-12(3,19)5-2/h14,19H,4-7,13H2,1-3H3,(H,15,17,18). The van der Waals surface area contributed by atoms with E-state index in [0.717, 1.165) is 6.42 Å². The molecule has 0 bridgehead atoms. The van der Waals surface area contributed by atoms with Gasteiger partial charge in [-0.25, -0.2) is 4.79 Å². The van der Waals surface area contributed by atoms with Crippen molar-refractivity contribution in [3.8, 4) is 0 Å².